The number of ether oxygens (including phenoxy) is 1. The average Bonchev–Trinajstić information content (AvgIpc) is 2.66. The number of hydrogen-bond donors (Lipinski definition) is 1. The molecule has 4 heteroatoms. The van der Waals surface area contributed by atoms with E-state index >= 15 is 0 Å². The summed E-state index contributed by atoms with van der Waals surface area (Å²) in [5.74, 6) is 1.10. The van der Waals surface area contributed by atoms with Crippen LogP contribution in [0.25, 0.3) is 0 Å². The Morgan fingerprint density at radius 3 is 2.42 bits per heavy atom. The van der Waals surface area contributed by atoms with Crippen molar-refractivity contribution in [2.45, 2.75) is 39.3 Å². The molecule has 0 aliphatic heterocycles. The van der Waals surface area contributed by atoms with E-state index in [1.807, 2.05) is 41.3 Å². The number of benzene rings is 2. The van der Waals surface area contributed by atoms with E-state index in [-0.39, 0.29) is 11.9 Å². The number of rotatable bonds is 10. The second kappa shape index (κ2) is 10.6. The zero-order chi connectivity index (χ0) is 18.8. The van der Waals surface area contributed by atoms with Crippen molar-refractivity contribution in [1.82, 2.24) is 10.2 Å². The van der Waals surface area contributed by atoms with Gasteiger partial charge in [-0.2, -0.15) is 0 Å². The maximum Gasteiger partial charge on any atom is 0.224 e. The molecule has 140 valence electrons. The van der Waals surface area contributed by atoms with Crippen molar-refractivity contribution in [3.05, 3.63) is 65.7 Å². The summed E-state index contributed by atoms with van der Waals surface area (Å²) in [6.07, 6.45) is 1.40. The minimum Gasteiger partial charge on any atom is -0.496 e. The van der Waals surface area contributed by atoms with Gasteiger partial charge in [0.25, 0.3) is 0 Å². The van der Waals surface area contributed by atoms with Crippen molar-refractivity contribution >= 4 is 5.91 Å². The first-order valence-corrected chi connectivity index (χ1v) is 9.28. The smallest absolute Gasteiger partial charge is 0.224 e. The SMILES string of the molecule is COc1ccccc1CCNCCC(=O)N(Cc1ccccc1)C(C)C. The lowest BCUT2D eigenvalue weighted by Gasteiger charge is -2.27. The zero-order valence-corrected chi connectivity index (χ0v) is 16.1. The molecule has 2 rings (SSSR count). The van der Waals surface area contributed by atoms with Gasteiger partial charge in [0.2, 0.25) is 5.91 Å². The lowest BCUT2D eigenvalue weighted by molar-refractivity contribution is -0.133. The molecule has 0 spiro atoms. The molecule has 0 saturated carbocycles. The Morgan fingerprint density at radius 2 is 1.73 bits per heavy atom. The fraction of sp³-hybridized carbons (Fsp3) is 0.409. The van der Waals surface area contributed by atoms with Gasteiger partial charge in [0.05, 0.1) is 7.11 Å². The van der Waals surface area contributed by atoms with Gasteiger partial charge in [-0.25, -0.2) is 0 Å². The van der Waals surface area contributed by atoms with Crippen LogP contribution < -0.4 is 10.1 Å². The third-order valence-corrected chi connectivity index (χ3v) is 4.42. The second-order valence-corrected chi connectivity index (χ2v) is 6.66. The van der Waals surface area contributed by atoms with Crippen LogP contribution >= 0.6 is 0 Å². The average molecular weight is 354 g/mol. The molecule has 0 radical (unpaired) electrons. The Bertz CT molecular complexity index is 671. The van der Waals surface area contributed by atoms with Crippen molar-refractivity contribution in [1.29, 1.82) is 0 Å². The summed E-state index contributed by atoms with van der Waals surface area (Å²) in [5.41, 5.74) is 2.35. The van der Waals surface area contributed by atoms with Crippen LogP contribution in [0.5, 0.6) is 5.75 Å². The maximum atomic E-state index is 12.6. The Kier molecular flexibility index (Phi) is 8.16. The van der Waals surface area contributed by atoms with Gasteiger partial charge in [0.1, 0.15) is 5.75 Å². The van der Waals surface area contributed by atoms with Gasteiger partial charge >= 0.3 is 0 Å². The van der Waals surface area contributed by atoms with Crippen molar-refractivity contribution in [2.24, 2.45) is 0 Å². The number of carbonyl (C=O) groups is 1. The highest BCUT2D eigenvalue weighted by atomic mass is 16.5. The Morgan fingerprint density at radius 1 is 1.04 bits per heavy atom. The van der Waals surface area contributed by atoms with E-state index in [4.69, 9.17) is 4.74 Å². The van der Waals surface area contributed by atoms with E-state index in [9.17, 15) is 4.79 Å². The molecule has 0 aromatic heterocycles. The lowest BCUT2D eigenvalue weighted by Crippen LogP contribution is -2.38. The second-order valence-electron chi connectivity index (χ2n) is 6.66. The number of methoxy groups -OCH3 is 1. The first kappa shape index (κ1) is 20.0. The normalized spacial score (nSPS) is 10.8. The first-order valence-electron chi connectivity index (χ1n) is 9.28. The van der Waals surface area contributed by atoms with Gasteiger partial charge in [-0.15, -0.1) is 0 Å². The van der Waals surface area contributed by atoms with Crippen LogP contribution in [0.15, 0.2) is 54.6 Å². The number of carbonyl (C=O) groups excluding carboxylic acids is 1. The van der Waals surface area contributed by atoms with E-state index in [0.717, 1.165) is 18.7 Å². The topological polar surface area (TPSA) is 41.6 Å². The number of amides is 1. The van der Waals surface area contributed by atoms with Gasteiger partial charge in [-0.1, -0.05) is 48.5 Å². The van der Waals surface area contributed by atoms with E-state index in [2.05, 4.69) is 37.4 Å². The van der Waals surface area contributed by atoms with Crippen molar-refractivity contribution < 1.29 is 9.53 Å². The molecule has 2 aromatic rings. The Balaban J connectivity index is 1.75. The highest BCUT2D eigenvalue weighted by Crippen LogP contribution is 2.17. The monoisotopic (exact) mass is 354 g/mol. The fourth-order valence-electron chi connectivity index (χ4n) is 2.94. The third kappa shape index (κ3) is 6.19. The quantitative estimate of drug-likeness (QED) is 0.662. The zero-order valence-electron chi connectivity index (χ0n) is 16.1. The van der Waals surface area contributed by atoms with E-state index in [1.54, 1.807) is 7.11 Å². The van der Waals surface area contributed by atoms with Crippen LogP contribution in [-0.4, -0.2) is 37.0 Å². The molecule has 0 unspecified atom stereocenters. The van der Waals surface area contributed by atoms with E-state index < -0.39 is 0 Å². The largest absolute Gasteiger partial charge is 0.496 e. The van der Waals surface area contributed by atoms with E-state index in [0.29, 0.717) is 19.5 Å². The summed E-state index contributed by atoms with van der Waals surface area (Å²) in [5, 5.41) is 3.37. The van der Waals surface area contributed by atoms with Gasteiger partial charge in [0, 0.05) is 25.6 Å². The number of para-hydroxylation sites is 1. The summed E-state index contributed by atoms with van der Waals surface area (Å²) in [7, 11) is 1.69. The summed E-state index contributed by atoms with van der Waals surface area (Å²) in [4.78, 5) is 14.5. The Labute approximate surface area is 157 Å². The van der Waals surface area contributed by atoms with Crippen LogP contribution in [0.4, 0.5) is 0 Å². The molecule has 0 fully saturated rings. The lowest BCUT2D eigenvalue weighted by atomic mass is 10.1. The molecule has 2 aromatic carbocycles. The van der Waals surface area contributed by atoms with Crippen molar-refractivity contribution in [3.63, 3.8) is 0 Å². The van der Waals surface area contributed by atoms with Gasteiger partial charge in [-0.05, 0) is 44.0 Å². The standard InChI is InChI=1S/C22H30N2O2/c1-18(2)24(17-19-9-5-4-6-10-19)22(25)14-16-23-15-13-20-11-7-8-12-21(20)26-3/h4-12,18,23H,13-17H2,1-3H3. The van der Waals surface area contributed by atoms with E-state index in [1.165, 1.54) is 11.1 Å². The predicted molar refractivity (Wildman–Crippen MR) is 106 cm³/mol. The molecule has 0 atom stereocenters. The summed E-state index contributed by atoms with van der Waals surface area (Å²) >= 11 is 0. The van der Waals surface area contributed by atoms with Crippen LogP contribution in [-0.2, 0) is 17.8 Å². The molecule has 0 saturated heterocycles. The predicted octanol–water partition coefficient (Wildman–Crippen LogP) is 3.65. The highest BCUT2D eigenvalue weighted by molar-refractivity contribution is 5.76. The summed E-state index contributed by atoms with van der Waals surface area (Å²) < 4.78 is 5.37. The van der Waals surface area contributed by atoms with Crippen LogP contribution in [0.1, 0.15) is 31.4 Å². The van der Waals surface area contributed by atoms with Gasteiger partial charge < -0.3 is 15.0 Å². The fourth-order valence-corrected chi connectivity index (χ4v) is 2.94. The van der Waals surface area contributed by atoms with Gasteiger partial charge in [0.15, 0.2) is 0 Å². The van der Waals surface area contributed by atoms with Crippen molar-refractivity contribution in [3.8, 4) is 5.75 Å². The van der Waals surface area contributed by atoms with Crippen LogP contribution in [0.2, 0.25) is 0 Å². The maximum absolute atomic E-state index is 12.6. The van der Waals surface area contributed by atoms with Crippen LogP contribution in [0.3, 0.4) is 0 Å². The minimum atomic E-state index is 0.189. The number of hydrogen-bond acceptors (Lipinski definition) is 3. The van der Waals surface area contributed by atoms with Crippen LogP contribution in [0, 0.1) is 0 Å². The molecule has 1 amide bonds. The molecule has 4 nitrogen and oxygen atoms in total. The summed E-state index contributed by atoms with van der Waals surface area (Å²) in [6, 6.07) is 18.4. The molecule has 0 bridgehead atoms. The van der Waals surface area contributed by atoms with Gasteiger partial charge in [-0.3, -0.25) is 4.79 Å². The molecule has 0 heterocycles. The summed E-state index contributed by atoms with van der Waals surface area (Å²) in [6.45, 7) is 6.31. The van der Waals surface area contributed by atoms with Crippen molar-refractivity contribution in [2.75, 3.05) is 20.2 Å². The molecular weight excluding hydrogens is 324 g/mol. The molecule has 0 aliphatic rings. The highest BCUT2D eigenvalue weighted by Gasteiger charge is 2.16. The Hall–Kier alpha value is -2.33. The first-order chi connectivity index (χ1) is 12.6. The minimum absolute atomic E-state index is 0.189. The molecule has 1 N–H and O–H groups in total. The molecule has 26 heavy (non-hydrogen) atoms. The molecule has 0 aliphatic carbocycles. The molecular formula is C22H30N2O2. The third-order valence-electron chi connectivity index (χ3n) is 4.42. The number of nitrogens with zero attached hydrogens (tertiary/aromatic N) is 1. The number of nitrogens with one attached hydrogen (secondary N) is 1.